The average Bonchev–Trinajstić information content (AvgIpc) is 2.95. The predicted octanol–water partition coefficient (Wildman–Crippen LogP) is 5.70. The number of hydrogen-bond acceptors (Lipinski definition) is 4. The number of nitrogens with zero attached hydrogens (tertiary/aromatic N) is 3. The molecule has 6 nitrogen and oxygen atoms in total. The predicted molar refractivity (Wildman–Crippen MR) is 149 cm³/mol. The van der Waals surface area contributed by atoms with Crippen LogP contribution in [0.5, 0.6) is 0 Å². The van der Waals surface area contributed by atoms with Gasteiger partial charge in [0, 0.05) is 30.3 Å². The van der Waals surface area contributed by atoms with Crippen molar-refractivity contribution in [3.8, 4) is 0 Å². The summed E-state index contributed by atoms with van der Waals surface area (Å²) in [6.07, 6.45) is 5.20. The molecule has 1 saturated heterocycles. The van der Waals surface area contributed by atoms with Crippen molar-refractivity contribution in [1.29, 1.82) is 0 Å². The van der Waals surface area contributed by atoms with Crippen molar-refractivity contribution in [2.24, 2.45) is 10.9 Å². The second-order valence-electron chi connectivity index (χ2n) is 8.91. The molecule has 1 aliphatic heterocycles. The van der Waals surface area contributed by atoms with E-state index < -0.39 is 10.0 Å². The van der Waals surface area contributed by atoms with Gasteiger partial charge in [0.2, 0.25) is 0 Å². The zero-order chi connectivity index (χ0) is 26.3. The number of aliphatic imine (C=N–C) groups is 1. The molecule has 0 spiro atoms. The van der Waals surface area contributed by atoms with E-state index in [-0.39, 0.29) is 23.3 Å². The molecule has 1 fully saturated rings. The highest BCUT2D eigenvalue weighted by Gasteiger charge is 2.27. The summed E-state index contributed by atoms with van der Waals surface area (Å²) in [6.45, 7) is 8.80. The van der Waals surface area contributed by atoms with Crippen molar-refractivity contribution in [2.75, 3.05) is 17.4 Å². The maximum absolute atomic E-state index is 13.6. The summed E-state index contributed by atoms with van der Waals surface area (Å²) in [7, 11) is -3.82. The fraction of sp³-hybridized carbons (Fsp3) is 0.200. The third-order valence-corrected chi connectivity index (χ3v) is 8.36. The van der Waals surface area contributed by atoms with Gasteiger partial charge in [0.05, 0.1) is 17.1 Å². The first-order valence-corrected chi connectivity index (χ1v) is 13.7. The minimum absolute atomic E-state index is 0.0636. The smallest absolute Gasteiger partial charge is 0.264 e. The van der Waals surface area contributed by atoms with E-state index >= 15 is 0 Å². The highest BCUT2D eigenvalue weighted by atomic mass is 32.2. The van der Waals surface area contributed by atoms with Crippen LogP contribution in [-0.2, 0) is 16.6 Å². The Morgan fingerprint density at radius 1 is 0.946 bits per heavy atom. The minimum Gasteiger partial charge on any atom is -0.339 e. The number of anilines is 1. The lowest BCUT2D eigenvalue weighted by molar-refractivity contribution is 0.0702. The summed E-state index contributed by atoms with van der Waals surface area (Å²) in [4.78, 5) is 19.4. The van der Waals surface area contributed by atoms with Gasteiger partial charge in [0.25, 0.3) is 15.9 Å². The normalized spacial score (nSPS) is 14.7. The molecular weight excluding hydrogens is 482 g/mol. The van der Waals surface area contributed by atoms with Crippen LogP contribution in [0.2, 0.25) is 0 Å². The monoisotopic (exact) mass is 513 g/mol. The Morgan fingerprint density at radius 2 is 1.54 bits per heavy atom. The van der Waals surface area contributed by atoms with Crippen LogP contribution in [0.1, 0.15) is 28.8 Å². The van der Waals surface area contributed by atoms with E-state index in [0.717, 1.165) is 24.1 Å². The van der Waals surface area contributed by atoms with E-state index in [9.17, 15) is 13.2 Å². The van der Waals surface area contributed by atoms with E-state index in [0.29, 0.717) is 24.3 Å². The van der Waals surface area contributed by atoms with Crippen molar-refractivity contribution < 1.29 is 13.2 Å². The van der Waals surface area contributed by atoms with Gasteiger partial charge in [-0.2, -0.15) is 0 Å². The number of rotatable bonds is 9. The molecule has 4 rings (SSSR count). The van der Waals surface area contributed by atoms with E-state index in [1.54, 1.807) is 60.7 Å². The lowest BCUT2D eigenvalue weighted by Gasteiger charge is -2.32. The Morgan fingerprint density at radius 3 is 2.11 bits per heavy atom. The number of carbonyl (C=O) groups is 1. The maximum atomic E-state index is 13.6. The van der Waals surface area contributed by atoms with Crippen LogP contribution in [0, 0.1) is 5.92 Å². The third kappa shape index (κ3) is 6.06. The molecule has 0 N–H and O–H groups in total. The van der Waals surface area contributed by atoms with Gasteiger partial charge in [-0.25, -0.2) is 8.42 Å². The molecule has 1 amide bonds. The lowest BCUT2D eigenvalue weighted by Crippen LogP contribution is -2.38. The molecule has 0 aromatic heterocycles. The largest absolute Gasteiger partial charge is 0.339 e. The molecule has 0 aliphatic carbocycles. The highest BCUT2D eigenvalue weighted by molar-refractivity contribution is 7.92. The number of allylic oxidation sites excluding steroid dienone is 3. The van der Waals surface area contributed by atoms with E-state index in [2.05, 4.69) is 18.3 Å². The summed E-state index contributed by atoms with van der Waals surface area (Å²) >= 11 is 0. The Kier molecular flexibility index (Phi) is 8.36. The molecule has 1 heterocycles. The lowest BCUT2D eigenvalue weighted by atomic mass is 9.93. The quantitative estimate of drug-likeness (QED) is 0.272. The minimum atomic E-state index is -3.82. The molecule has 0 saturated carbocycles. The zero-order valence-electron chi connectivity index (χ0n) is 20.7. The molecule has 7 heteroatoms. The van der Waals surface area contributed by atoms with Gasteiger partial charge >= 0.3 is 0 Å². The van der Waals surface area contributed by atoms with E-state index in [1.165, 1.54) is 4.31 Å². The standard InChI is InChI=1S/C30H31N3O3S/c1-3-10-29(31-2)25-19-21-32(22-20-25)30(34)26-15-17-27(18-16-26)33(23-24-11-6-4-7-12-24)37(35,36)28-13-8-5-9-14-28/h3-18,25H,1-2,19-23H2/b29-10-. The van der Waals surface area contributed by atoms with Gasteiger partial charge < -0.3 is 4.90 Å². The van der Waals surface area contributed by atoms with E-state index in [4.69, 9.17) is 0 Å². The van der Waals surface area contributed by atoms with Gasteiger partial charge in [-0.1, -0.05) is 61.2 Å². The third-order valence-electron chi connectivity index (χ3n) is 6.57. The molecule has 0 radical (unpaired) electrons. The second kappa shape index (κ2) is 11.8. The van der Waals surface area contributed by atoms with Crippen LogP contribution in [0.3, 0.4) is 0 Å². The number of benzene rings is 3. The van der Waals surface area contributed by atoms with Crippen molar-refractivity contribution in [1.82, 2.24) is 4.90 Å². The van der Waals surface area contributed by atoms with Gasteiger partial charge in [-0.05, 0) is 67.6 Å². The van der Waals surface area contributed by atoms with Crippen LogP contribution >= 0.6 is 0 Å². The first-order valence-electron chi connectivity index (χ1n) is 12.2. The number of carbonyl (C=O) groups excluding carboxylic acids is 1. The van der Waals surface area contributed by atoms with Gasteiger partial charge in [0.15, 0.2) is 0 Å². The number of piperidine rings is 1. The number of sulfonamides is 1. The molecule has 3 aromatic rings. The highest BCUT2D eigenvalue weighted by Crippen LogP contribution is 2.29. The van der Waals surface area contributed by atoms with Gasteiger partial charge in [-0.3, -0.25) is 14.1 Å². The van der Waals surface area contributed by atoms with Crippen molar-refractivity contribution in [3.05, 3.63) is 120 Å². The summed E-state index contributed by atoms with van der Waals surface area (Å²) in [6, 6.07) is 24.7. The Hall–Kier alpha value is -3.97. The molecule has 0 atom stereocenters. The zero-order valence-corrected chi connectivity index (χ0v) is 21.6. The fourth-order valence-electron chi connectivity index (χ4n) is 4.55. The Balaban J connectivity index is 1.54. The first-order chi connectivity index (χ1) is 17.9. The molecule has 190 valence electrons. The van der Waals surface area contributed by atoms with Crippen LogP contribution in [0.15, 0.2) is 119 Å². The molecular formula is C30H31N3O3S. The van der Waals surface area contributed by atoms with Gasteiger partial charge in [0.1, 0.15) is 0 Å². The number of likely N-dealkylation sites (tertiary alicyclic amines) is 1. The van der Waals surface area contributed by atoms with Gasteiger partial charge in [-0.15, -0.1) is 0 Å². The van der Waals surface area contributed by atoms with E-state index in [1.807, 2.05) is 41.3 Å². The van der Waals surface area contributed by atoms with Crippen molar-refractivity contribution in [3.63, 3.8) is 0 Å². The summed E-state index contributed by atoms with van der Waals surface area (Å²) in [5.74, 6) is 0.197. The summed E-state index contributed by atoms with van der Waals surface area (Å²) in [5.41, 5.74) is 2.80. The number of amides is 1. The average molecular weight is 514 g/mol. The Labute approximate surface area is 219 Å². The first kappa shape index (κ1) is 26.1. The number of hydrogen-bond donors (Lipinski definition) is 0. The Bertz CT molecular complexity index is 1360. The molecule has 3 aromatic carbocycles. The molecule has 37 heavy (non-hydrogen) atoms. The second-order valence-corrected chi connectivity index (χ2v) is 10.8. The summed E-state index contributed by atoms with van der Waals surface area (Å²) < 4.78 is 28.6. The van der Waals surface area contributed by atoms with Crippen LogP contribution in [0.4, 0.5) is 5.69 Å². The topological polar surface area (TPSA) is 70.1 Å². The molecule has 0 unspecified atom stereocenters. The van der Waals surface area contributed by atoms with Crippen LogP contribution in [0.25, 0.3) is 0 Å². The fourth-order valence-corrected chi connectivity index (χ4v) is 6.03. The van der Waals surface area contributed by atoms with Crippen molar-refractivity contribution in [2.45, 2.75) is 24.3 Å². The van der Waals surface area contributed by atoms with Crippen LogP contribution < -0.4 is 4.31 Å². The molecule has 0 bridgehead atoms. The van der Waals surface area contributed by atoms with Crippen LogP contribution in [-0.4, -0.2) is 39.0 Å². The maximum Gasteiger partial charge on any atom is 0.264 e. The SMILES string of the molecule is C=C/C=C(\N=C)C1CCN(C(=O)c2ccc(N(Cc3ccccc3)S(=O)(=O)c3ccccc3)cc2)CC1. The van der Waals surface area contributed by atoms with Crippen molar-refractivity contribution >= 4 is 28.3 Å². The molecule has 1 aliphatic rings. The summed E-state index contributed by atoms with van der Waals surface area (Å²) in [5, 5.41) is 0.